The van der Waals surface area contributed by atoms with Crippen LogP contribution in [0.1, 0.15) is 19.8 Å². The van der Waals surface area contributed by atoms with Gasteiger partial charge >= 0.3 is 0 Å². The maximum Gasteiger partial charge on any atom is 0.0200 e. The molecule has 0 aliphatic heterocycles. The first-order chi connectivity index (χ1) is 3.35. The van der Waals surface area contributed by atoms with Crippen LogP contribution < -0.4 is 0 Å². The second-order valence-electron chi connectivity index (χ2n) is 1.51. The summed E-state index contributed by atoms with van der Waals surface area (Å²) in [4.78, 5) is 0. The third-order valence-corrected chi connectivity index (χ3v) is 1.01. The van der Waals surface area contributed by atoms with E-state index in [2.05, 4.69) is 5.92 Å². The fourth-order valence-corrected chi connectivity index (χ4v) is 0.353. The lowest BCUT2D eigenvalue weighted by atomic mass is 10.1. The molecular formula is C7H10. The van der Waals surface area contributed by atoms with Crippen molar-refractivity contribution in [1.29, 1.82) is 0 Å². The molecular weight excluding hydrogens is 84.1 g/mol. The standard InChI is InChI=1S/C7H10/c1-4-7(5-2)6-3/h1-2,7H,4,6H2,3H3. The Labute approximate surface area is 45.9 Å². The predicted octanol–water partition coefficient (Wildman–Crippen LogP) is 1.75. The quantitative estimate of drug-likeness (QED) is 0.457. The first-order valence-corrected chi connectivity index (χ1v) is 2.51. The fraction of sp³-hybridized carbons (Fsp3) is 0.571. The van der Waals surface area contributed by atoms with Gasteiger partial charge in [0.15, 0.2) is 0 Å². The van der Waals surface area contributed by atoms with Gasteiger partial charge in [-0.3, -0.25) is 0 Å². The molecule has 0 bridgehead atoms. The third-order valence-electron chi connectivity index (χ3n) is 1.01. The molecule has 0 heteroatoms. The van der Waals surface area contributed by atoms with Crippen LogP contribution in [0.5, 0.6) is 0 Å². The second kappa shape index (κ2) is 3.74. The summed E-state index contributed by atoms with van der Waals surface area (Å²) in [7, 11) is 0. The van der Waals surface area contributed by atoms with E-state index in [0.29, 0.717) is 12.3 Å². The van der Waals surface area contributed by atoms with E-state index in [1.807, 2.05) is 6.92 Å². The molecule has 0 aliphatic rings. The van der Waals surface area contributed by atoms with Crippen molar-refractivity contribution >= 4 is 0 Å². The van der Waals surface area contributed by atoms with Gasteiger partial charge in [0.2, 0.25) is 0 Å². The lowest BCUT2D eigenvalue weighted by molar-refractivity contribution is 0.660. The summed E-state index contributed by atoms with van der Waals surface area (Å²) in [5.41, 5.74) is 0. The summed E-state index contributed by atoms with van der Waals surface area (Å²) < 4.78 is 0. The Morgan fingerprint density at radius 1 is 1.71 bits per heavy atom. The molecule has 0 N–H and O–H groups in total. The smallest absolute Gasteiger partial charge is 0.0200 e. The van der Waals surface area contributed by atoms with E-state index >= 15 is 0 Å². The van der Waals surface area contributed by atoms with E-state index < -0.39 is 0 Å². The Balaban J connectivity index is 3.23. The van der Waals surface area contributed by atoms with E-state index in [4.69, 9.17) is 13.3 Å². The van der Waals surface area contributed by atoms with Crippen LogP contribution in [0.4, 0.5) is 0 Å². The molecule has 1 unspecified atom stereocenters. The van der Waals surface area contributed by atoms with Crippen molar-refractivity contribution in [2.75, 3.05) is 0 Å². The maximum atomic E-state index is 5.25. The SMILES string of the molecule is [CH]CC(C#C)CC. The molecule has 7 heavy (non-hydrogen) atoms. The minimum absolute atomic E-state index is 0.292. The molecule has 1 atom stereocenters. The minimum Gasteiger partial charge on any atom is -0.120 e. The molecule has 0 aromatic rings. The molecule has 0 saturated heterocycles. The fourth-order valence-electron chi connectivity index (χ4n) is 0.353. The van der Waals surface area contributed by atoms with Crippen molar-refractivity contribution in [3.05, 3.63) is 6.92 Å². The average molecular weight is 94.2 g/mol. The molecule has 38 valence electrons. The highest BCUT2D eigenvalue weighted by molar-refractivity contribution is 4.92. The zero-order valence-electron chi connectivity index (χ0n) is 4.65. The average Bonchev–Trinajstić information content (AvgIpc) is 1.72. The van der Waals surface area contributed by atoms with Crippen molar-refractivity contribution in [2.45, 2.75) is 19.8 Å². The van der Waals surface area contributed by atoms with Gasteiger partial charge in [0.1, 0.15) is 0 Å². The molecule has 0 amide bonds. The van der Waals surface area contributed by atoms with Crippen LogP contribution in [0.3, 0.4) is 0 Å². The van der Waals surface area contributed by atoms with Crippen molar-refractivity contribution in [3.8, 4) is 12.3 Å². The van der Waals surface area contributed by atoms with E-state index in [1.54, 1.807) is 0 Å². The van der Waals surface area contributed by atoms with Crippen LogP contribution in [0.25, 0.3) is 0 Å². The van der Waals surface area contributed by atoms with E-state index in [-0.39, 0.29) is 0 Å². The molecule has 0 aliphatic carbocycles. The Bertz CT molecular complexity index is 62.6. The second-order valence-corrected chi connectivity index (χ2v) is 1.51. The van der Waals surface area contributed by atoms with E-state index in [1.165, 1.54) is 0 Å². The normalized spacial score (nSPS) is 8.86. The lowest BCUT2D eigenvalue weighted by Gasteiger charge is -1.98. The summed E-state index contributed by atoms with van der Waals surface area (Å²) in [5.74, 6) is 2.87. The van der Waals surface area contributed by atoms with Gasteiger partial charge in [-0.25, -0.2) is 0 Å². The number of hydrogen-bond donors (Lipinski definition) is 0. The molecule has 0 rings (SSSR count). The van der Waals surface area contributed by atoms with Crippen LogP contribution in [0.15, 0.2) is 0 Å². The number of terminal acetylenes is 1. The van der Waals surface area contributed by atoms with Crippen LogP contribution in [0.2, 0.25) is 0 Å². The Hall–Kier alpha value is -0.440. The van der Waals surface area contributed by atoms with Crippen molar-refractivity contribution in [2.24, 2.45) is 5.92 Å². The number of rotatable bonds is 2. The van der Waals surface area contributed by atoms with Gasteiger partial charge < -0.3 is 0 Å². The minimum atomic E-state index is 0.292. The summed E-state index contributed by atoms with van der Waals surface area (Å²) in [6.45, 7) is 7.29. The van der Waals surface area contributed by atoms with Gasteiger partial charge in [-0.05, 0) is 19.8 Å². The molecule has 0 aromatic carbocycles. The van der Waals surface area contributed by atoms with Crippen LogP contribution in [-0.2, 0) is 0 Å². The highest BCUT2D eigenvalue weighted by Gasteiger charge is 1.93. The van der Waals surface area contributed by atoms with Gasteiger partial charge in [0.25, 0.3) is 0 Å². The monoisotopic (exact) mass is 94.1 g/mol. The zero-order valence-corrected chi connectivity index (χ0v) is 4.65. The zero-order chi connectivity index (χ0) is 5.70. The highest BCUT2D eigenvalue weighted by Crippen LogP contribution is 2.02. The lowest BCUT2D eigenvalue weighted by Crippen LogP contribution is -1.89. The Kier molecular flexibility index (Phi) is 3.50. The maximum absolute atomic E-state index is 5.25. The predicted molar refractivity (Wildman–Crippen MR) is 31.5 cm³/mol. The van der Waals surface area contributed by atoms with Crippen LogP contribution in [0, 0.1) is 25.2 Å². The van der Waals surface area contributed by atoms with Crippen molar-refractivity contribution < 1.29 is 0 Å². The summed E-state index contributed by atoms with van der Waals surface area (Å²) in [5, 5.41) is 0. The van der Waals surface area contributed by atoms with Crippen molar-refractivity contribution in [1.82, 2.24) is 0 Å². The van der Waals surface area contributed by atoms with Gasteiger partial charge in [0, 0.05) is 5.92 Å². The van der Waals surface area contributed by atoms with Gasteiger partial charge in [-0.1, -0.05) is 6.92 Å². The molecule has 0 nitrogen and oxygen atoms in total. The Morgan fingerprint density at radius 3 is 2.29 bits per heavy atom. The van der Waals surface area contributed by atoms with Crippen molar-refractivity contribution in [3.63, 3.8) is 0 Å². The summed E-state index contributed by atoms with van der Waals surface area (Å²) in [6.07, 6.45) is 6.67. The van der Waals surface area contributed by atoms with Crippen LogP contribution in [-0.4, -0.2) is 0 Å². The largest absolute Gasteiger partial charge is 0.120 e. The molecule has 0 heterocycles. The Morgan fingerprint density at radius 2 is 2.29 bits per heavy atom. The molecule has 0 spiro atoms. The molecule has 2 radical (unpaired) electrons. The van der Waals surface area contributed by atoms with Gasteiger partial charge in [-0.2, -0.15) is 0 Å². The van der Waals surface area contributed by atoms with Crippen LogP contribution >= 0.6 is 0 Å². The summed E-state index contributed by atoms with van der Waals surface area (Å²) >= 11 is 0. The van der Waals surface area contributed by atoms with E-state index in [0.717, 1.165) is 6.42 Å². The van der Waals surface area contributed by atoms with Gasteiger partial charge in [-0.15, -0.1) is 12.3 Å². The molecule has 0 saturated carbocycles. The molecule has 0 fully saturated rings. The topological polar surface area (TPSA) is 0 Å². The third kappa shape index (κ3) is 2.28. The molecule has 0 aromatic heterocycles. The van der Waals surface area contributed by atoms with E-state index in [9.17, 15) is 0 Å². The first-order valence-electron chi connectivity index (χ1n) is 2.51. The highest BCUT2D eigenvalue weighted by atomic mass is 14.0. The summed E-state index contributed by atoms with van der Waals surface area (Å²) in [6, 6.07) is 0. The number of hydrogen-bond acceptors (Lipinski definition) is 0. The first kappa shape index (κ1) is 6.56. The van der Waals surface area contributed by atoms with Gasteiger partial charge in [0.05, 0.1) is 0 Å².